The summed E-state index contributed by atoms with van der Waals surface area (Å²) in [7, 11) is 0. The molecule has 2 nitrogen and oxygen atoms in total. The Balaban J connectivity index is 2.25. The molecule has 0 aromatic carbocycles. The number of carbonyl (C=O) groups is 1. The number of rotatable bonds is 8. The highest BCUT2D eigenvalue weighted by atomic mass is 35.5. The summed E-state index contributed by atoms with van der Waals surface area (Å²) in [6.45, 7) is 4.49. The largest absolute Gasteiger partial charge is 0.349 e. The van der Waals surface area contributed by atoms with Crippen molar-refractivity contribution in [3.63, 3.8) is 0 Å². The predicted molar refractivity (Wildman–Crippen MR) is 82.6 cm³/mol. The van der Waals surface area contributed by atoms with Crippen LogP contribution in [0.5, 0.6) is 0 Å². The fourth-order valence-electron chi connectivity index (χ4n) is 2.85. The van der Waals surface area contributed by atoms with E-state index in [1.807, 2.05) is 0 Å². The second kappa shape index (κ2) is 8.84. The van der Waals surface area contributed by atoms with Crippen molar-refractivity contribution < 1.29 is 4.79 Å². The zero-order valence-corrected chi connectivity index (χ0v) is 13.4. The smallest absolute Gasteiger partial charge is 0.220 e. The van der Waals surface area contributed by atoms with E-state index in [0.717, 1.165) is 25.2 Å². The maximum absolute atomic E-state index is 12.0. The molecule has 1 rings (SSSR count). The second-order valence-electron chi connectivity index (χ2n) is 6.31. The molecule has 0 aromatic heterocycles. The lowest BCUT2D eigenvalue weighted by molar-refractivity contribution is -0.123. The van der Waals surface area contributed by atoms with Crippen LogP contribution in [0.2, 0.25) is 0 Å². The van der Waals surface area contributed by atoms with Gasteiger partial charge in [-0.2, -0.15) is 0 Å². The Labute approximate surface area is 123 Å². The summed E-state index contributed by atoms with van der Waals surface area (Å²) in [5, 5.41) is 3.22. The first-order valence-corrected chi connectivity index (χ1v) is 8.52. The van der Waals surface area contributed by atoms with Gasteiger partial charge in [-0.3, -0.25) is 4.79 Å². The number of alkyl halides is 1. The Bertz CT molecular complexity index is 259. The Morgan fingerprint density at radius 3 is 2.42 bits per heavy atom. The molecule has 112 valence electrons. The van der Waals surface area contributed by atoms with E-state index in [-0.39, 0.29) is 11.4 Å². The van der Waals surface area contributed by atoms with Crippen LogP contribution in [0.1, 0.15) is 78.1 Å². The summed E-state index contributed by atoms with van der Waals surface area (Å²) in [6.07, 6.45) is 11.1. The highest BCUT2D eigenvalue weighted by Gasteiger charge is 2.34. The predicted octanol–water partition coefficient (Wildman–Crippen LogP) is 4.65. The minimum Gasteiger partial charge on any atom is -0.349 e. The molecule has 0 aliphatic heterocycles. The molecule has 1 aliphatic rings. The van der Waals surface area contributed by atoms with E-state index in [9.17, 15) is 4.79 Å². The molecule has 0 aromatic rings. The minimum atomic E-state index is -0.117. The van der Waals surface area contributed by atoms with Crippen molar-refractivity contribution in [1.82, 2.24) is 5.32 Å². The van der Waals surface area contributed by atoms with Crippen LogP contribution in [-0.2, 0) is 4.79 Å². The van der Waals surface area contributed by atoms with Crippen LogP contribution in [-0.4, -0.2) is 17.3 Å². The van der Waals surface area contributed by atoms with Crippen LogP contribution in [0.15, 0.2) is 0 Å². The molecule has 1 N–H and O–H groups in total. The molecule has 3 heteroatoms. The molecule has 0 atom stereocenters. The Morgan fingerprint density at radius 1 is 1.21 bits per heavy atom. The normalized spacial score (nSPS) is 27.2. The number of carbonyl (C=O) groups excluding carboxylic acids is 1. The summed E-state index contributed by atoms with van der Waals surface area (Å²) in [4.78, 5) is 12.0. The van der Waals surface area contributed by atoms with Crippen molar-refractivity contribution in [2.75, 3.05) is 5.88 Å². The number of nitrogens with one attached hydrogen (secondary N) is 1. The summed E-state index contributed by atoms with van der Waals surface area (Å²) in [5.41, 5.74) is -0.117. The van der Waals surface area contributed by atoms with Crippen LogP contribution in [0.3, 0.4) is 0 Å². The standard InChI is InChI=1S/C16H30ClNO/c1-3-4-5-6-7-8-15(19)18-16(13-17)11-9-14(2)10-12-16/h14H,3-13H2,1-2H3,(H,18,19). The van der Waals surface area contributed by atoms with Crippen molar-refractivity contribution >= 4 is 17.5 Å². The lowest BCUT2D eigenvalue weighted by atomic mass is 9.78. The SMILES string of the molecule is CCCCCCCC(=O)NC1(CCl)CCC(C)CC1. The van der Waals surface area contributed by atoms with E-state index in [0.29, 0.717) is 12.3 Å². The Morgan fingerprint density at radius 2 is 1.84 bits per heavy atom. The third kappa shape index (κ3) is 6.16. The lowest BCUT2D eigenvalue weighted by Gasteiger charge is -2.38. The fourth-order valence-corrected chi connectivity index (χ4v) is 3.19. The van der Waals surface area contributed by atoms with Gasteiger partial charge in [0.25, 0.3) is 0 Å². The van der Waals surface area contributed by atoms with Gasteiger partial charge in [-0.25, -0.2) is 0 Å². The van der Waals surface area contributed by atoms with Gasteiger partial charge in [-0.15, -0.1) is 11.6 Å². The maximum atomic E-state index is 12.0. The number of halogens is 1. The molecular weight excluding hydrogens is 258 g/mol. The van der Waals surface area contributed by atoms with Crippen molar-refractivity contribution in [2.45, 2.75) is 83.6 Å². The van der Waals surface area contributed by atoms with Crippen molar-refractivity contribution in [1.29, 1.82) is 0 Å². The van der Waals surface area contributed by atoms with Crippen molar-refractivity contribution in [2.24, 2.45) is 5.92 Å². The fraction of sp³-hybridized carbons (Fsp3) is 0.938. The van der Waals surface area contributed by atoms with E-state index < -0.39 is 0 Å². The molecule has 0 radical (unpaired) electrons. The van der Waals surface area contributed by atoms with E-state index in [4.69, 9.17) is 11.6 Å². The van der Waals surface area contributed by atoms with Crippen LogP contribution in [0.4, 0.5) is 0 Å². The molecule has 0 unspecified atom stereocenters. The number of amides is 1. The van der Waals surface area contributed by atoms with Crippen molar-refractivity contribution in [3.8, 4) is 0 Å². The van der Waals surface area contributed by atoms with Crippen LogP contribution >= 0.6 is 11.6 Å². The molecule has 1 amide bonds. The summed E-state index contributed by atoms with van der Waals surface area (Å²) < 4.78 is 0. The molecular formula is C16H30ClNO. The van der Waals surface area contributed by atoms with Gasteiger partial charge < -0.3 is 5.32 Å². The van der Waals surface area contributed by atoms with Gasteiger partial charge in [-0.05, 0) is 38.0 Å². The van der Waals surface area contributed by atoms with Gasteiger partial charge in [0, 0.05) is 12.3 Å². The third-order valence-electron chi connectivity index (χ3n) is 4.40. The van der Waals surface area contributed by atoms with Gasteiger partial charge in [0.05, 0.1) is 5.54 Å². The number of hydrogen-bond acceptors (Lipinski definition) is 1. The number of unbranched alkanes of at least 4 members (excludes halogenated alkanes) is 4. The van der Waals surface area contributed by atoms with Gasteiger partial charge in [-0.1, -0.05) is 39.5 Å². The lowest BCUT2D eigenvalue weighted by Crippen LogP contribution is -2.52. The van der Waals surface area contributed by atoms with Gasteiger partial charge in [0.2, 0.25) is 5.91 Å². The third-order valence-corrected chi connectivity index (χ3v) is 4.91. The Kier molecular flexibility index (Phi) is 7.82. The first-order chi connectivity index (χ1) is 9.12. The van der Waals surface area contributed by atoms with E-state index in [1.54, 1.807) is 0 Å². The molecule has 0 bridgehead atoms. The monoisotopic (exact) mass is 287 g/mol. The second-order valence-corrected chi connectivity index (χ2v) is 6.58. The van der Waals surface area contributed by atoms with E-state index in [1.165, 1.54) is 38.5 Å². The Hall–Kier alpha value is -0.240. The molecule has 1 saturated carbocycles. The zero-order valence-electron chi connectivity index (χ0n) is 12.6. The van der Waals surface area contributed by atoms with Crippen LogP contribution in [0.25, 0.3) is 0 Å². The highest BCUT2D eigenvalue weighted by Crippen LogP contribution is 2.32. The summed E-state index contributed by atoms with van der Waals surface area (Å²) in [6, 6.07) is 0. The van der Waals surface area contributed by atoms with Crippen LogP contribution in [0, 0.1) is 5.92 Å². The van der Waals surface area contributed by atoms with Crippen molar-refractivity contribution in [3.05, 3.63) is 0 Å². The molecule has 0 spiro atoms. The van der Waals surface area contributed by atoms with E-state index >= 15 is 0 Å². The average molecular weight is 288 g/mol. The summed E-state index contributed by atoms with van der Waals surface area (Å²) in [5.74, 6) is 1.54. The average Bonchev–Trinajstić information content (AvgIpc) is 2.41. The van der Waals surface area contributed by atoms with E-state index in [2.05, 4.69) is 19.2 Å². The van der Waals surface area contributed by atoms with Crippen LogP contribution < -0.4 is 5.32 Å². The highest BCUT2D eigenvalue weighted by molar-refractivity contribution is 6.18. The molecule has 0 heterocycles. The molecule has 1 aliphatic carbocycles. The topological polar surface area (TPSA) is 29.1 Å². The van der Waals surface area contributed by atoms with Gasteiger partial charge >= 0.3 is 0 Å². The molecule has 0 saturated heterocycles. The van der Waals surface area contributed by atoms with Gasteiger partial charge in [0.1, 0.15) is 0 Å². The zero-order chi connectivity index (χ0) is 14.1. The number of hydrogen-bond donors (Lipinski definition) is 1. The minimum absolute atomic E-state index is 0.117. The quantitative estimate of drug-likeness (QED) is 0.511. The van der Waals surface area contributed by atoms with Gasteiger partial charge in [0.15, 0.2) is 0 Å². The summed E-state index contributed by atoms with van der Waals surface area (Å²) >= 11 is 6.12. The first-order valence-electron chi connectivity index (χ1n) is 7.99. The maximum Gasteiger partial charge on any atom is 0.220 e. The first kappa shape index (κ1) is 16.8. The molecule has 1 fully saturated rings. The molecule has 19 heavy (non-hydrogen) atoms.